The molecule has 1 aromatic carbocycles. The number of hydrogen-bond donors (Lipinski definition) is 2. The number of nitrogens with zero attached hydrogens (tertiary/aromatic N) is 1. The molecule has 0 bridgehead atoms. The number of nitriles is 1. The molecule has 3 atom stereocenters. The number of sulfonamides is 1. The zero-order valence-corrected chi connectivity index (χ0v) is 12.6. The largest absolute Gasteiger partial charge is 0.377 e. The summed E-state index contributed by atoms with van der Waals surface area (Å²) in [5.41, 5.74) is 6.63. The van der Waals surface area contributed by atoms with Crippen LogP contribution in [0, 0.1) is 11.3 Å². The molecule has 21 heavy (non-hydrogen) atoms. The Balaban J connectivity index is 2.09. The van der Waals surface area contributed by atoms with Crippen molar-refractivity contribution < 1.29 is 13.2 Å². The monoisotopic (exact) mass is 309 g/mol. The lowest BCUT2D eigenvalue weighted by Gasteiger charge is -2.42. The summed E-state index contributed by atoms with van der Waals surface area (Å²) in [6.45, 7) is 2.39. The molecule has 2 rings (SSSR count). The van der Waals surface area contributed by atoms with Gasteiger partial charge in [0.25, 0.3) is 0 Å². The molecule has 0 aromatic heterocycles. The van der Waals surface area contributed by atoms with Crippen molar-refractivity contribution in [3.8, 4) is 6.07 Å². The maximum Gasteiger partial charge on any atom is 0.240 e. The van der Waals surface area contributed by atoms with Crippen LogP contribution in [0.25, 0.3) is 0 Å². The summed E-state index contributed by atoms with van der Waals surface area (Å²) in [5, 5.41) is 8.61. The zero-order valence-electron chi connectivity index (χ0n) is 11.8. The fourth-order valence-corrected chi connectivity index (χ4v) is 3.63. The summed E-state index contributed by atoms with van der Waals surface area (Å²) in [4.78, 5) is 0.165. The predicted molar refractivity (Wildman–Crippen MR) is 77.9 cm³/mol. The predicted octanol–water partition coefficient (Wildman–Crippen LogP) is 0.536. The molecule has 3 unspecified atom stereocenters. The Morgan fingerprint density at radius 1 is 1.43 bits per heavy atom. The van der Waals surface area contributed by atoms with E-state index in [2.05, 4.69) is 4.72 Å². The number of nitrogens with one attached hydrogen (secondary N) is 1. The molecule has 0 saturated heterocycles. The molecule has 1 fully saturated rings. The molecular formula is C14H19N3O3S. The van der Waals surface area contributed by atoms with Gasteiger partial charge in [0.05, 0.1) is 29.5 Å². The Kier molecular flexibility index (Phi) is 4.96. The van der Waals surface area contributed by atoms with Crippen LogP contribution in [0.4, 0.5) is 0 Å². The molecule has 1 aliphatic rings. The molecular weight excluding hydrogens is 290 g/mol. The Labute approximate surface area is 125 Å². The molecule has 1 aromatic rings. The first-order valence-electron chi connectivity index (χ1n) is 6.83. The molecule has 0 spiro atoms. The van der Waals surface area contributed by atoms with Crippen LogP contribution in [0.15, 0.2) is 29.2 Å². The summed E-state index contributed by atoms with van der Waals surface area (Å²) in [6.07, 6.45) is 0.744. The quantitative estimate of drug-likeness (QED) is 0.797. The van der Waals surface area contributed by atoms with Crippen LogP contribution in [0.2, 0.25) is 0 Å². The molecule has 0 radical (unpaired) electrons. The Bertz CT molecular complexity index is 620. The second-order valence-corrected chi connectivity index (χ2v) is 6.73. The van der Waals surface area contributed by atoms with Gasteiger partial charge in [0.15, 0.2) is 0 Å². The van der Waals surface area contributed by atoms with Gasteiger partial charge in [-0.1, -0.05) is 12.1 Å². The summed E-state index contributed by atoms with van der Waals surface area (Å²) >= 11 is 0. The van der Waals surface area contributed by atoms with Crippen molar-refractivity contribution in [1.82, 2.24) is 4.72 Å². The molecule has 0 aliphatic heterocycles. The van der Waals surface area contributed by atoms with Crippen LogP contribution in [-0.2, 0) is 21.2 Å². The number of hydrogen-bond acceptors (Lipinski definition) is 5. The van der Waals surface area contributed by atoms with E-state index in [0.717, 1.165) is 5.56 Å². The van der Waals surface area contributed by atoms with Gasteiger partial charge in [-0.2, -0.15) is 5.26 Å². The molecule has 0 heterocycles. The van der Waals surface area contributed by atoms with Crippen LogP contribution in [0.3, 0.4) is 0 Å². The molecule has 7 heteroatoms. The third kappa shape index (κ3) is 3.60. The minimum absolute atomic E-state index is 0.165. The van der Waals surface area contributed by atoms with E-state index in [9.17, 15) is 8.42 Å². The van der Waals surface area contributed by atoms with Gasteiger partial charge in [-0.15, -0.1) is 0 Å². The second-order valence-electron chi connectivity index (χ2n) is 5.02. The van der Waals surface area contributed by atoms with Gasteiger partial charge < -0.3 is 10.5 Å². The van der Waals surface area contributed by atoms with Crippen LogP contribution in [-0.4, -0.2) is 33.2 Å². The van der Waals surface area contributed by atoms with Crippen LogP contribution in [0.5, 0.6) is 0 Å². The number of rotatable bonds is 6. The highest BCUT2D eigenvalue weighted by atomic mass is 32.2. The van der Waals surface area contributed by atoms with Crippen LogP contribution < -0.4 is 10.5 Å². The van der Waals surface area contributed by atoms with Crippen molar-refractivity contribution >= 4 is 10.0 Å². The van der Waals surface area contributed by atoms with E-state index in [0.29, 0.717) is 13.0 Å². The number of ether oxygens (including phenoxy) is 1. The van der Waals surface area contributed by atoms with Crippen molar-refractivity contribution in [2.24, 2.45) is 5.73 Å². The van der Waals surface area contributed by atoms with Crippen molar-refractivity contribution in [2.45, 2.75) is 42.8 Å². The minimum Gasteiger partial charge on any atom is -0.377 e. The van der Waals surface area contributed by atoms with Crippen molar-refractivity contribution in [3.05, 3.63) is 29.8 Å². The highest BCUT2D eigenvalue weighted by molar-refractivity contribution is 7.89. The van der Waals surface area contributed by atoms with Gasteiger partial charge in [0.1, 0.15) is 0 Å². The molecule has 1 aliphatic carbocycles. The first kappa shape index (κ1) is 15.9. The third-order valence-electron chi connectivity index (χ3n) is 3.56. The van der Waals surface area contributed by atoms with Crippen LogP contribution >= 0.6 is 0 Å². The second kappa shape index (κ2) is 6.54. The highest BCUT2D eigenvalue weighted by Gasteiger charge is 2.41. The van der Waals surface area contributed by atoms with Crippen LogP contribution in [0.1, 0.15) is 18.9 Å². The van der Waals surface area contributed by atoms with E-state index < -0.39 is 16.1 Å². The lowest BCUT2D eigenvalue weighted by atomic mass is 9.84. The van der Waals surface area contributed by atoms with E-state index in [1.165, 1.54) is 12.1 Å². The maximum atomic E-state index is 12.3. The van der Waals surface area contributed by atoms with Gasteiger partial charge in [-0.25, -0.2) is 13.1 Å². The number of benzene rings is 1. The summed E-state index contributed by atoms with van der Waals surface area (Å²) in [6, 6.07) is 7.66. The Hall–Kier alpha value is -1.46. The van der Waals surface area contributed by atoms with Crippen molar-refractivity contribution in [3.63, 3.8) is 0 Å². The van der Waals surface area contributed by atoms with Crippen molar-refractivity contribution in [2.75, 3.05) is 6.61 Å². The lowest BCUT2D eigenvalue weighted by molar-refractivity contribution is -0.0248. The average molecular weight is 309 g/mol. The number of nitrogens with two attached hydrogens (primary N) is 1. The van der Waals surface area contributed by atoms with Gasteiger partial charge in [0, 0.05) is 12.6 Å². The highest BCUT2D eigenvalue weighted by Crippen LogP contribution is 2.24. The summed E-state index contributed by atoms with van der Waals surface area (Å²) < 4.78 is 32.7. The molecule has 0 amide bonds. The van der Waals surface area contributed by atoms with E-state index in [-0.39, 0.29) is 23.5 Å². The topological polar surface area (TPSA) is 105 Å². The summed E-state index contributed by atoms with van der Waals surface area (Å²) in [5.74, 6) is 0. The van der Waals surface area contributed by atoms with E-state index >= 15 is 0 Å². The maximum absolute atomic E-state index is 12.3. The summed E-state index contributed by atoms with van der Waals surface area (Å²) in [7, 11) is -3.63. The minimum atomic E-state index is -3.63. The van der Waals surface area contributed by atoms with Gasteiger partial charge >= 0.3 is 0 Å². The molecule has 114 valence electrons. The standard InChI is InChI=1S/C14H19N3O3S/c1-2-20-13-9-12(16)14(13)17-21(18,19)11-5-3-10(4-6-11)7-8-15/h3-6,12-14,17H,2,7,9,16H2,1H3. The van der Waals surface area contributed by atoms with Gasteiger partial charge in [0.2, 0.25) is 10.0 Å². The first-order valence-corrected chi connectivity index (χ1v) is 8.31. The third-order valence-corrected chi connectivity index (χ3v) is 5.03. The first-order chi connectivity index (χ1) is 9.97. The fraction of sp³-hybridized carbons (Fsp3) is 0.500. The Morgan fingerprint density at radius 3 is 2.62 bits per heavy atom. The molecule has 6 nitrogen and oxygen atoms in total. The van der Waals surface area contributed by atoms with Gasteiger partial charge in [-0.3, -0.25) is 0 Å². The Morgan fingerprint density at radius 2 is 2.10 bits per heavy atom. The van der Waals surface area contributed by atoms with E-state index in [1.54, 1.807) is 12.1 Å². The lowest BCUT2D eigenvalue weighted by Crippen LogP contribution is -2.64. The fourth-order valence-electron chi connectivity index (χ4n) is 2.32. The molecule has 3 N–H and O–H groups in total. The van der Waals surface area contributed by atoms with Gasteiger partial charge in [-0.05, 0) is 31.0 Å². The zero-order chi connectivity index (χ0) is 15.5. The van der Waals surface area contributed by atoms with E-state index in [4.69, 9.17) is 15.7 Å². The van der Waals surface area contributed by atoms with E-state index in [1.807, 2.05) is 13.0 Å². The molecule has 1 saturated carbocycles. The normalized spacial score (nSPS) is 25.1. The van der Waals surface area contributed by atoms with Crippen molar-refractivity contribution in [1.29, 1.82) is 5.26 Å². The SMILES string of the molecule is CCOC1CC(N)C1NS(=O)(=O)c1ccc(CC#N)cc1. The smallest absolute Gasteiger partial charge is 0.240 e. The average Bonchev–Trinajstić information content (AvgIpc) is 2.46.